The lowest BCUT2D eigenvalue weighted by Gasteiger charge is -2.23. The minimum Gasteiger partial charge on any atom is -0.393 e. The molecule has 24 heavy (non-hydrogen) atoms. The van der Waals surface area contributed by atoms with Gasteiger partial charge in [0.05, 0.1) is 12.3 Å². The predicted octanol–water partition coefficient (Wildman–Crippen LogP) is 2.83. The maximum atomic E-state index is 12.9. The number of hydrogen-bond acceptors (Lipinski definition) is 4. The molecule has 3 rings (SSSR count). The summed E-state index contributed by atoms with van der Waals surface area (Å²) in [5.41, 5.74) is 1.48. The number of carbonyl (C=O) groups is 1. The molecule has 1 heterocycles. The maximum Gasteiger partial charge on any atom is 0.272 e. The Balaban J connectivity index is 1.86. The minimum absolute atomic E-state index is 0.0641. The Morgan fingerprint density at radius 1 is 1.38 bits per heavy atom. The second kappa shape index (κ2) is 7.40. The number of rotatable bonds is 5. The molecule has 1 saturated carbocycles. The van der Waals surface area contributed by atoms with Crippen molar-refractivity contribution in [3.05, 3.63) is 42.2 Å². The quantitative estimate of drug-likeness (QED) is 0.847. The monoisotopic (exact) mass is 345 g/mol. The lowest BCUT2D eigenvalue weighted by atomic mass is 10.1. The molecule has 0 radical (unpaired) electrons. The highest BCUT2D eigenvalue weighted by Gasteiger charge is 2.29. The number of thioether (sulfide) groups is 1. The molecule has 0 spiro atoms. The summed E-state index contributed by atoms with van der Waals surface area (Å²) in [5, 5.41) is 10.8. The summed E-state index contributed by atoms with van der Waals surface area (Å²) >= 11 is 1.51. The largest absolute Gasteiger partial charge is 0.393 e. The van der Waals surface area contributed by atoms with Gasteiger partial charge in [0, 0.05) is 25.2 Å². The molecule has 0 aliphatic heterocycles. The average Bonchev–Trinajstić information content (AvgIpc) is 3.21. The van der Waals surface area contributed by atoms with Gasteiger partial charge in [0.25, 0.3) is 5.91 Å². The van der Waals surface area contributed by atoms with E-state index in [-0.39, 0.29) is 17.9 Å². The van der Waals surface area contributed by atoms with Crippen LogP contribution in [0.25, 0.3) is 5.69 Å². The molecule has 6 heteroatoms. The van der Waals surface area contributed by atoms with Gasteiger partial charge in [0.15, 0.2) is 5.16 Å². The van der Waals surface area contributed by atoms with E-state index in [2.05, 4.69) is 4.98 Å². The Labute approximate surface area is 146 Å². The lowest BCUT2D eigenvalue weighted by molar-refractivity contribution is 0.0686. The fourth-order valence-corrected chi connectivity index (χ4v) is 3.86. The van der Waals surface area contributed by atoms with Gasteiger partial charge in [-0.15, -0.1) is 0 Å². The van der Waals surface area contributed by atoms with Crippen LogP contribution < -0.4 is 0 Å². The molecule has 1 aliphatic carbocycles. The van der Waals surface area contributed by atoms with Gasteiger partial charge in [0.1, 0.15) is 5.69 Å². The normalized spacial score (nSPS) is 20.3. The molecule has 1 amide bonds. The highest BCUT2D eigenvalue weighted by molar-refractivity contribution is 7.98. The third kappa shape index (κ3) is 3.35. The number of benzene rings is 1. The van der Waals surface area contributed by atoms with Crippen molar-refractivity contribution in [3.8, 4) is 5.69 Å². The molecule has 1 N–H and O–H groups in total. The van der Waals surface area contributed by atoms with Crippen molar-refractivity contribution in [2.75, 3.05) is 19.8 Å². The zero-order valence-electron chi connectivity index (χ0n) is 14.1. The van der Waals surface area contributed by atoms with Crippen LogP contribution in [0.4, 0.5) is 0 Å². The Kier molecular flexibility index (Phi) is 5.26. The summed E-state index contributed by atoms with van der Waals surface area (Å²) < 4.78 is 1.90. The molecule has 0 bridgehead atoms. The average molecular weight is 345 g/mol. The van der Waals surface area contributed by atoms with Gasteiger partial charge in [-0.3, -0.25) is 9.36 Å². The van der Waals surface area contributed by atoms with Crippen LogP contribution in [-0.2, 0) is 0 Å². The zero-order chi connectivity index (χ0) is 17.1. The first-order valence-corrected chi connectivity index (χ1v) is 9.45. The lowest BCUT2D eigenvalue weighted by Crippen LogP contribution is -2.35. The summed E-state index contributed by atoms with van der Waals surface area (Å²) in [6.07, 6.45) is 6.16. The van der Waals surface area contributed by atoms with Crippen molar-refractivity contribution in [1.82, 2.24) is 14.5 Å². The molecule has 2 unspecified atom stereocenters. The molecule has 128 valence electrons. The molecule has 5 nitrogen and oxygen atoms in total. The smallest absolute Gasteiger partial charge is 0.272 e. The van der Waals surface area contributed by atoms with E-state index < -0.39 is 0 Å². The molecular formula is C18H23N3O2S. The fourth-order valence-electron chi connectivity index (χ4n) is 3.32. The van der Waals surface area contributed by atoms with Gasteiger partial charge in [-0.2, -0.15) is 0 Å². The van der Waals surface area contributed by atoms with Crippen LogP contribution in [0.15, 0.2) is 41.7 Å². The number of para-hydroxylation sites is 1. The number of imidazole rings is 1. The second-order valence-corrected chi connectivity index (χ2v) is 7.02. The van der Waals surface area contributed by atoms with E-state index in [4.69, 9.17) is 0 Å². The van der Waals surface area contributed by atoms with Crippen LogP contribution in [0.1, 0.15) is 29.8 Å². The van der Waals surface area contributed by atoms with Gasteiger partial charge in [-0.25, -0.2) is 4.98 Å². The number of nitrogens with zero attached hydrogens (tertiary/aromatic N) is 3. The van der Waals surface area contributed by atoms with Gasteiger partial charge >= 0.3 is 0 Å². The van der Waals surface area contributed by atoms with Crippen LogP contribution >= 0.6 is 11.8 Å². The van der Waals surface area contributed by atoms with Crippen LogP contribution in [0, 0.1) is 5.92 Å². The minimum atomic E-state index is -0.291. The molecule has 1 fully saturated rings. The topological polar surface area (TPSA) is 58.4 Å². The standard InChI is InChI=1S/C18H23N3O2S/c1-20(12-13-7-6-10-16(13)22)17(23)15-11-19-18(24-2)21(15)14-8-4-3-5-9-14/h3-5,8-9,11,13,16,22H,6-7,10,12H2,1-2H3. The summed E-state index contributed by atoms with van der Waals surface area (Å²) in [6.45, 7) is 0.578. The zero-order valence-corrected chi connectivity index (χ0v) is 14.9. The SMILES string of the molecule is CSc1ncc(C(=O)N(C)CC2CCCC2O)n1-c1ccccc1. The molecule has 1 aromatic heterocycles. The van der Waals surface area contributed by atoms with Gasteiger partial charge in [-0.05, 0) is 31.2 Å². The number of carbonyl (C=O) groups excluding carboxylic acids is 1. The van der Waals surface area contributed by atoms with Gasteiger partial charge in [-0.1, -0.05) is 36.4 Å². The van der Waals surface area contributed by atoms with Crippen molar-refractivity contribution >= 4 is 17.7 Å². The summed E-state index contributed by atoms with van der Waals surface area (Å²) in [4.78, 5) is 19.0. The second-order valence-electron chi connectivity index (χ2n) is 6.25. The van der Waals surface area contributed by atoms with E-state index >= 15 is 0 Å². The Morgan fingerprint density at radius 3 is 2.75 bits per heavy atom. The van der Waals surface area contributed by atoms with Crippen molar-refractivity contribution in [1.29, 1.82) is 0 Å². The summed E-state index contributed by atoms with van der Waals surface area (Å²) in [7, 11) is 1.80. The van der Waals surface area contributed by atoms with E-state index in [1.165, 1.54) is 11.8 Å². The van der Waals surface area contributed by atoms with E-state index in [0.717, 1.165) is 30.1 Å². The van der Waals surface area contributed by atoms with E-state index in [1.54, 1.807) is 18.1 Å². The third-order valence-electron chi connectivity index (χ3n) is 4.62. The first-order valence-electron chi connectivity index (χ1n) is 8.22. The fraction of sp³-hybridized carbons (Fsp3) is 0.444. The highest BCUT2D eigenvalue weighted by Crippen LogP contribution is 2.27. The number of aliphatic hydroxyl groups excluding tert-OH is 1. The van der Waals surface area contributed by atoms with Crippen molar-refractivity contribution < 1.29 is 9.90 Å². The Bertz CT molecular complexity index is 702. The maximum absolute atomic E-state index is 12.9. The first-order chi connectivity index (χ1) is 11.6. The summed E-state index contributed by atoms with van der Waals surface area (Å²) in [6, 6.07) is 9.80. The van der Waals surface area contributed by atoms with Crippen LogP contribution in [0.2, 0.25) is 0 Å². The van der Waals surface area contributed by atoms with Crippen molar-refractivity contribution in [2.45, 2.75) is 30.5 Å². The molecule has 2 aromatic rings. The van der Waals surface area contributed by atoms with Crippen molar-refractivity contribution in [3.63, 3.8) is 0 Å². The van der Waals surface area contributed by atoms with E-state index in [1.807, 2.05) is 41.2 Å². The van der Waals surface area contributed by atoms with Crippen molar-refractivity contribution in [2.24, 2.45) is 5.92 Å². The highest BCUT2D eigenvalue weighted by atomic mass is 32.2. The predicted molar refractivity (Wildman–Crippen MR) is 95.7 cm³/mol. The Morgan fingerprint density at radius 2 is 2.12 bits per heavy atom. The first kappa shape index (κ1) is 17.0. The molecule has 2 atom stereocenters. The molecule has 1 aliphatic rings. The molecular weight excluding hydrogens is 322 g/mol. The van der Waals surface area contributed by atoms with Gasteiger partial charge in [0.2, 0.25) is 0 Å². The summed E-state index contributed by atoms with van der Waals surface area (Å²) in [5.74, 6) is 0.109. The van der Waals surface area contributed by atoms with Crippen LogP contribution in [-0.4, -0.2) is 51.4 Å². The molecule has 1 aromatic carbocycles. The van der Waals surface area contributed by atoms with E-state index in [9.17, 15) is 9.90 Å². The van der Waals surface area contributed by atoms with Gasteiger partial charge < -0.3 is 10.0 Å². The van der Waals surface area contributed by atoms with Crippen LogP contribution in [0.5, 0.6) is 0 Å². The molecule has 0 saturated heterocycles. The number of hydrogen-bond donors (Lipinski definition) is 1. The number of aromatic nitrogens is 2. The van der Waals surface area contributed by atoms with E-state index in [0.29, 0.717) is 12.2 Å². The van der Waals surface area contributed by atoms with Crippen LogP contribution in [0.3, 0.4) is 0 Å². The number of aliphatic hydroxyl groups is 1. The Hall–Kier alpha value is -1.79. The number of amides is 1. The third-order valence-corrected chi connectivity index (χ3v) is 5.27.